The molecule has 0 radical (unpaired) electrons. The van der Waals surface area contributed by atoms with Crippen LogP contribution in [-0.2, 0) is 11.2 Å². The van der Waals surface area contributed by atoms with Crippen LogP contribution in [0.25, 0.3) is 0 Å². The SMILES string of the molecule is CN1CCCN(C(=O)c2ccccc2CCN)CC1=O. The van der Waals surface area contributed by atoms with Crippen LogP contribution in [0.15, 0.2) is 24.3 Å². The summed E-state index contributed by atoms with van der Waals surface area (Å²) in [7, 11) is 1.78. The van der Waals surface area contributed by atoms with Crippen molar-refractivity contribution < 1.29 is 9.59 Å². The molecule has 1 fully saturated rings. The van der Waals surface area contributed by atoms with Crippen LogP contribution in [0.2, 0.25) is 0 Å². The van der Waals surface area contributed by atoms with E-state index in [2.05, 4.69) is 0 Å². The molecule has 0 atom stereocenters. The molecule has 5 heteroatoms. The number of carbonyl (C=O) groups excluding carboxylic acids is 2. The van der Waals surface area contributed by atoms with Crippen LogP contribution in [0, 0.1) is 0 Å². The molecule has 1 saturated heterocycles. The van der Waals surface area contributed by atoms with Crippen LogP contribution < -0.4 is 5.73 Å². The van der Waals surface area contributed by atoms with Crippen LogP contribution in [0.1, 0.15) is 22.3 Å². The van der Waals surface area contributed by atoms with E-state index in [1.165, 1.54) is 0 Å². The predicted molar refractivity (Wildman–Crippen MR) is 77.4 cm³/mol. The molecule has 5 nitrogen and oxygen atoms in total. The Morgan fingerprint density at radius 1 is 1.30 bits per heavy atom. The summed E-state index contributed by atoms with van der Waals surface area (Å²) in [5.41, 5.74) is 7.20. The number of rotatable bonds is 3. The Morgan fingerprint density at radius 3 is 2.80 bits per heavy atom. The normalized spacial score (nSPS) is 16.2. The summed E-state index contributed by atoms with van der Waals surface area (Å²) in [4.78, 5) is 27.8. The van der Waals surface area contributed by atoms with Crippen LogP contribution in [-0.4, -0.2) is 54.8 Å². The van der Waals surface area contributed by atoms with Crippen LogP contribution >= 0.6 is 0 Å². The van der Waals surface area contributed by atoms with E-state index < -0.39 is 0 Å². The summed E-state index contributed by atoms with van der Waals surface area (Å²) in [6.45, 7) is 1.98. The highest BCUT2D eigenvalue weighted by Crippen LogP contribution is 2.14. The Hall–Kier alpha value is -1.88. The summed E-state index contributed by atoms with van der Waals surface area (Å²) >= 11 is 0. The van der Waals surface area contributed by atoms with Crippen LogP contribution in [0.5, 0.6) is 0 Å². The van der Waals surface area contributed by atoms with Crippen molar-refractivity contribution in [3.05, 3.63) is 35.4 Å². The first-order valence-corrected chi connectivity index (χ1v) is 6.94. The lowest BCUT2D eigenvalue weighted by atomic mass is 10.0. The second kappa shape index (κ2) is 6.52. The first-order valence-electron chi connectivity index (χ1n) is 6.94. The zero-order chi connectivity index (χ0) is 14.5. The molecular formula is C15H21N3O2. The lowest BCUT2D eigenvalue weighted by Crippen LogP contribution is -2.38. The Bertz CT molecular complexity index is 502. The molecule has 108 valence electrons. The lowest BCUT2D eigenvalue weighted by Gasteiger charge is -2.21. The first kappa shape index (κ1) is 14.5. The first-order chi connectivity index (χ1) is 9.63. The Balaban J connectivity index is 2.20. The van der Waals surface area contributed by atoms with E-state index in [4.69, 9.17) is 5.73 Å². The third-order valence-electron chi connectivity index (χ3n) is 3.62. The topological polar surface area (TPSA) is 66.6 Å². The number of likely N-dealkylation sites (N-methyl/N-ethyl adjacent to an activating group) is 1. The number of benzene rings is 1. The van der Waals surface area contributed by atoms with Gasteiger partial charge in [0.2, 0.25) is 5.91 Å². The third-order valence-corrected chi connectivity index (χ3v) is 3.62. The maximum absolute atomic E-state index is 12.6. The van der Waals surface area contributed by atoms with E-state index in [1.54, 1.807) is 16.8 Å². The molecule has 1 aliphatic rings. The van der Waals surface area contributed by atoms with Crippen molar-refractivity contribution in [1.82, 2.24) is 9.80 Å². The summed E-state index contributed by atoms with van der Waals surface area (Å²) < 4.78 is 0. The second-order valence-corrected chi connectivity index (χ2v) is 5.09. The van der Waals surface area contributed by atoms with E-state index >= 15 is 0 Å². The molecule has 2 amide bonds. The van der Waals surface area contributed by atoms with Crippen molar-refractivity contribution in [3.63, 3.8) is 0 Å². The molecule has 1 heterocycles. The molecule has 1 aromatic carbocycles. The van der Waals surface area contributed by atoms with Crippen molar-refractivity contribution >= 4 is 11.8 Å². The second-order valence-electron chi connectivity index (χ2n) is 5.09. The zero-order valence-electron chi connectivity index (χ0n) is 11.8. The molecule has 2 rings (SSSR count). The number of nitrogens with zero attached hydrogens (tertiary/aromatic N) is 2. The van der Waals surface area contributed by atoms with Gasteiger partial charge in [-0.1, -0.05) is 18.2 Å². The van der Waals surface area contributed by atoms with Crippen molar-refractivity contribution in [2.24, 2.45) is 5.73 Å². The largest absolute Gasteiger partial charge is 0.344 e. The van der Waals surface area contributed by atoms with Crippen molar-refractivity contribution in [3.8, 4) is 0 Å². The molecule has 0 saturated carbocycles. The summed E-state index contributed by atoms with van der Waals surface area (Å²) in [6.07, 6.45) is 1.48. The Kier molecular flexibility index (Phi) is 4.74. The number of hydrogen-bond donors (Lipinski definition) is 1. The number of amides is 2. The highest BCUT2D eigenvalue weighted by atomic mass is 16.2. The van der Waals surface area contributed by atoms with Gasteiger partial charge in [0, 0.05) is 25.7 Å². The van der Waals surface area contributed by atoms with Gasteiger partial charge in [0.15, 0.2) is 0 Å². The smallest absolute Gasteiger partial charge is 0.254 e. The van der Waals surface area contributed by atoms with Gasteiger partial charge in [0.05, 0.1) is 0 Å². The fourth-order valence-corrected chi connectivity index (χ4v) is 2.43. The van der Waals surface area contributed by atoms with Gasteiger partial charge in [0.1, 0.15) is 6.54 Å². The van der Waals surface area contributed by atoms with Gasteiger partial charge in [-0.3, -0.25) is 9.59 Å². The Morgan fingerprint density at radius 2 is 2.05 bits per heavy atom. The minimum atomic E-state index is -0.0716. The van der Waals surface area contributed by atoms with Gasteiger partial charge in [-0.05, 0) is 31.0 Å². The van der Waals surface area contributed by atoms with Crippen LogP contribution in [0.4, 0.5) is 0 Å². The standard InChI is InChI=1S/C15H21N3O2/c1-17-9-4-10-18(11-14(17)19)15(20)13-6-3-2-5-12(13)7-8-16/h2-3,5-6H,4,7-11,16H2,1H3. The van der Waals surface area contributed by atoms with E-state index in [-0.39, 0.29) is 18.4 Å². The molecule has 1 aromatic rings. The minimum Gasteiger partial charge on any atom is -0.344 e. The molecule has 0 spiro atoms. The van der Waals surface area contributed by atoms with Crippen molar-refractivity contribution in [2.45, 2.75) is 12.8 Å². The van der Waals surface area contributed by atoms with E-state index in [0.29, 0.717) is 31.6 Å². The van der Waals surface area contributed by atoms with Gasteiger partial charge in [-0.15, -0.1) is 0 Å². The quantitative estimate of drug-likeness (QED) is 0.873. The lowest BCUT2D eigenvalue weighted by molar-refractivity contribution is -0.129. The summed E-state index contributed by atoms with van der Waals surface area (Å²) in [5.74, 6) is -0.0788. The molecule has 0 aromatic heterocycles. The average molecular weight is 275 g/mol. The fraction of sp³-hybridized carbons (Fsp3) is 0.467. The summed E-state index contributed by atoms with van der Waals surface area (Å²) in [6, 6.07) is 7.49. The minimum absolute atomic E-state index is 0.00726. The zero-order valence-corrected chi connectivity index (χ0v) is 11.8. The van der Waals surface area contributed by atoms with Crippen LogP contribution in [0.3, 0.4) is 0 Å². The highest BCUT2D eigenvalue weighted by Gasteiger charge is 2.24. The maximum Gasteiger partial charge on any atom is 0.254 e. The van der Waals surface area contributed by atoms with Gasteiger partial charge < -0.3 is 15.5 Å². The van der Waals surface area contributed by atoms with E-state index in [0.717, 1.165) is 12.0 Å². The van der Waals surface area contributed by atoms with E-state index in [9.17, 15) is 9.59 Å². The van der Waals surface area contributed by atoms with Gasteiger partial charge in [-0.25, -0.2) is 0 Å². The Labute approximate surface area is 119 Å². The number of nitrogens with two attached hydrogens (primary N) is 1. The molecule has 1 aliphatic heterocycles. The predicted octanol–water partition coefficient (Wildman–Crippen LogP) is 0.492. The third kappa shape index (κ3) is 3.17. The molecule has 0 bridgehead atoms. The molecule has 0 aliphatic carbocycles. The van der Waals surface area contributed by atoms with Crippen molar-refractivity contribution in [1.29, 1.82) is 0 Å². The number of carbonyl (C=O) groups is 2. The average Bonchev–Trinajstić information content (AvgIpc) is 2.61. The summed E-state index contributed by atoms with van der Waals surface area (Å²) in [5, 5.41) is 0. The molecule has 2 N–H and O–H groups in total. The van der Waals surface area contributed by atoms with Gasteiger partial charge >= 0.3 is 0 Å². The maximum atomic E-state index is 12.6. The molecule has 20 heavy (non-hydrogen) atoms. The monoisotopic (exact) mass is 275 g/mol. The van der Waals surface area contributed by atoms with Gasteiger partial charge in [-0.2, -0.15) is 0 Å². The fourth-order valence-electron chi connectivity index (χ4n) is 2.43. The van der Waals surface area contributed by atoms with Gasteiger partial charge in [0.25, 0.3) is 5.91 Å². The number of hydrogen-bond acceptors (Lipinski definition) is 3. The molecule has 0 unspecified atom stereocenters. The molecular weight excluding hydrogens is 254 g/mol. The van der Waals surface area contributed by atoms with E-state index in [1.807, 2.05) is 24.3 Å². The highest BCUT2D eigenvalue weighted by molar-refractivity contribution is 5.97. The van der Waals surface area contributed by atoms with Crippen molar-refractivity contribution in [2.75, 3.05) is 33.2 Å².